The Morgan fingerprint density at radius 2 is 1.85 bits per heavy atom. The average Bonchev–Trinajstić information content (AvgIpc) is 2.97. The van der Waals surface area contributed by atoms with Crippen molar-refractivity contribution >= 4 is 23.5 Å². The van der Waals surface area contributed by atoms with E-state index in [4.69, 9.17) is 4.74 Å². The highest BCUT2D eigenvalue weighted by Gasteiger charge is 2.33. The maximum absolute atomic E-state index is 14.0. The number of methoxy groups -OCH3 is 1. The molecule has 1 atom stereocenters. The van der Waals surface area contributed by atoms with Gasteiger partial charge in [-0.3, -0.25) is 9.59 Å². The molecule has 2 heterocycles. The van der Waals surface area contributed by atoms with Gasteiger partial charge in [-0.25, -0.2) is 13.6 Å². The van der Waals surface area contributed by atoms with Crippen molar-refractivity contribution in [3.05, 3.63) is 76.5 Å². The molecule has 4 amide bonds. The predicted octanol–water partition coefficient (Wildman–Crippen LogP) is 3.95. The van der Waals surface area contributed by atoms with Crippen molar-refractivity contribution in [2.45, 2.75) is 44.6 Å². The highest BCUT2D eigenvalue weighted by molar-refractivity contribution is 5.98. The molecule has 220 valence electrons. The number of rotatable bonds is 11. The second-order valence-electron chi connectivity index (χ2n) is 10.3. The molecule has 2 aliphatic heterocycles. The minimum atomic E-state index is -1.07. The smallest absolute Gasteiger partial charge is 0.319 e. The Hall–Kier alpha value is -3.83. The number of anilines is 1. The Morgan fingerprint density at radius 3 is 2.56 bits per heavy atom. The van der Waals surface area contributed by atoms with Crippen LogP contribution in [-0.4, -0.2) is 62.6 Å². The first-order valence-electron chi connectivity index (χ1n) is 13.9. The van der Waals surface area contributed by atoms with Gasteiger partial charge < -0.3 is 30.9 Å². The monoisotopic (exact) mass is 569 g/mol. The number of hydrogen-bond acceptors (Lipinski definition) is 5. The minimum absolute atomic E-state index is 0.000327. The first-order valence-corrected chi connectivity index (χ1v) is 13.9. The van der Waals surface area contributed by atoms with Crippen LogP contribution in [0.1, 0.15) is 55.7 Å². The summed E-state index contributed by atoms with van der Waals surface area (Å²) in [6, 6.07) is 9.82. The summed E-state index contributed by atoms with van der Waals surface area (Å²) >= 11 is 0. The highest BCUT2D eigenvalue weighted by atomic mass is 19.2. The van der Waals surface area contributed by atoms with E-state index >= 15 is 0 Å². The van der Waals surface area contributed by atoms with E-state index in [1.807, 2.05) is 19.1 Å². The topological polar surface area (TPSA) is 112 Å². The van der Waals surface area contributed by atoms with Gasteiger partial charge in [0.15, 0.2) is 11.6 Å². The van der Waals surface area contributed by atoms with Crippen molar-refractivity contribution in [1.29, 1.82) is 0 Å². The number of nitrogens with zero attached hydrogens (tertiary/aromatic N) is 1. The lowest BCUT2D eigenvalue weighted by Gasteiger charge is -2.32. The van der Waals surface area contributed by atoms with Gasteiger partial charge >= 0.3 is 6.03 Å². The van der Waals surface area contributed by atoms with Gasteiger partial charge in [0, 0.05) is 25.8 Å². The summed E-state index contributed by atoms with van der Waals surface area (Å²) in [5, 5.41) is 11.1. The molecule has 4 rings (SSSR count). The molecular formula is C30H37F2N5O4. The predicted molar refractivity (Wildman–Crippen MR) is 151 cm³/mol. The molecule has 11 heteroatoms. The van der Waals surface area contributed by atoms with Gasteiger partial charge in [0.2, 0.25) is 5.91 Å². The number of carbonyl (C=O) groups excluding carboxylic acids is 3. The van der Waals surface area contributed by atoms with E-state index < -0.39 is 29.6 Å². The normalized spacial score (nSPS) is 18.0. The fourth-order valence-electron chi connectivity index (χ4n) is 5.30. The number of carbonyl (C=O) groups is 3. The van der Waals surface area contributed by atoms with Crippen LogP contribution in [0, 0.1) is 11.6 Å². The van der Waals surface area contributed by atoms with Gasteiger partial charge in [-0.1, -0.05) is 25.1 Å². The number of likely N-dealkylation sites (tertiary alicyclic amines) is 1. The quantitative estimate of drug-likeness (QED) is 0.306. The van der Waals surface area contributed by atoms with Crippen LogP contribution in [0.3, 0.4) is 0 Å². The van der Waals surface area contributed by atoms with Crippen molar-refractivity contribution < 1.29 is 27.9 Å². The summed E-state index contributed by atoms with van der Waals surface area (Å²) in [6.07, 6.45) is 3.17. The zero-order valence-corrected chi connectivity index (χ0v) is 23.4. The first kappa shape index (κ1) is 30.1. The van der Waals surface area contributed by atoms with Crippen molar-refractivity contribution in [1.82, 2.24) is 20.9 Å². The Kier molecular flexibility index (Phi) is 10.4. The molecule has 41 heavy (non-hydrogen) atoms. The summed E-state index contributed by atoms with van der Waals surface area (Å²) in [5.74, 6) is -2.08. The molecule has 4 N–H and O–H groups in total. The van der Waals surface area contributed by atoms with Crippen LogP contribution >= 0.6 is 0 Å². The zero-order chi connectivity index (χ0) is 29.4. The lowest BCUT2D eigenvalue weighted by Crippen LogP contribution is -2.48. The van der Waals surface area contributed by atoms with E-state index in [0.29, 0.717) is 18.9 Å². The lowest BCUT2D eigenvalue weighted by atomic mass is 9.89. The molecule has 2 aromatic carbocycles. The highest BCUT2D eigenvalue weighted by Crippen LogP contribution is 2.30. The molecule has 0 saturated carbocycles. The van der Waals surface area contributed by atoms with Crippen molar-refractivity contribution in [3.8, 4) is 0 Å². The molecule has 0 aliphatic carbocycles. The van der Waals surface area contributed by atoms with Crippen molar-refractivity contribution in [2.24, 2.45) is 0 Å². The van der Waals surface area contributed by atoms with Crippen molar-refractivity contribution in [2.75, 3.05) is 45.2 Å². The Bertz CT molecular complexity index is 1290. The van der Waals surface area contributed by atoms with Crippen LogP contribution in [0.15, 0.2) is 53.7 Å². The van der Waals surface area contributed by atoms with Gasteiger partial charge in [-0.15, -0.1) is 0 Å². The standard InChI is InChI=1S/C30H37F2N5O4/c1-3-26(38)34-22-7-4-6-20(16-22)19-10-14-37(15-11-19)13-5-12-33-29(39)27-25(18-41-2)35-30(40)36-28(27)21-8-9-23(31)24(32)17-21/h4,6-9,16-17,19,28H,3,5,10-15,18H2,1-2H3,(H,33,39)(H,34,38)(H2,35,36,40)/t28-/m1/s1. The van der Waals surface area contributed by atoms with Crippen LogP contribution in [0.2, 0.25) is 0 Å². The minimum Gasteiger partial charge on any atom is -0.378 e. The number of urea groups is 1. The first-order chi connectivity index (χ1) is 19.8. The number of nitrogens with one attached hydrogen (secondary N) is 4. The third-order valence-electron chi connectivity index (χ3n) is 7.45. The van der Waals surface area contributed by atoms with Gasteiger partial charge in [-0.2, -0.15) is 0 Å². The van der Waals surface area contributed by atoms with Gasteiger partial charge in [0.1, 0.15) is 0 Å². The van der Waals surface area contributed by atoms with Crippen LogP contribution in [0.4, 0.5) is 19.3 Å². The largest absolute Gasteiger partial charge is 0.378 e. The Morgan fingerprint density at radius 1 is 1.07 bits per heavy atom. The molecule has 0 radical (unpaired) electrons. The van der Waals surface area contributed by atoms with E-state index in [2.05, 4.69) is 38.3 Å². The SMILES string of the molecule is CCC(=O)Nc1cccc(C2CCN(CCCNC(=O)C3=C(COC)NC(=O)N[C@@H]3c3ccc(F)c(F)c3)CC2)c1. The fourth-order valence-corrected chi connectivity index (χ4v) is 5.30. The lowest BCUT2D eigenvalue weighted by molar-refractivity contribution is -0.118. The summed E-state index contributed by atoms with van der Waals surface area (Å²) in [4.78, 5) is 39.6. The number of amides is 4. The number of ether oxygens (including phenoxy) is 1. The maximum Gasteiger partial charge on any atom is 0.319 e. The summed E-state index contributed by atoms with van der Waals surface area (Å²) < 4.78 is 32.7. The molecule has 1 fully saturated rings. The van der Waals surface area contributed by atoms with E-state index in [0.717, 1.165) is 56.7 Å². The molecule has 1 saturated heterocycles. The van der Waals surface area contributed by atoms with Crippen LogP contribution in [-0.2, 0) is 14.3 Å². The molecular weight excluding hydrogens is 532 g/mol. The summed E-state index contributed by atoms with van der Waals surface area (Å²) in [5.41, 5.74) is 2.77. The Balaban J connectivity index is 1.30. The third-order valence-corrected chi connectivity index (χ3v) is 7.45. The molecule has 0 unspecified atom stereocenters. The van der Waals surface area contributed by atoms with Gasteiger partial charge in [0.25, 0.3) is 5.91 Å². The van der Waals surface area contributed by atoms with E-state index in [9.17, 15) is 23.2 Å². The number of halogens is 2. The van der Waals surface area contributed by atoms with Gasteiger partial charge in [0.05, 0.1) is 23.9 Å². The fraction of sp³-hybridized carbons (Fsp3) is 0.433. The summed E-state index contributed by atoms with van der Waals surface area (Å²) in [6.45, 7) is 4.88. The van der Waals surface area contributed by atoms with Crippen LogP contribution in [0.25, 0.3) is 0 Å². The van der Waals surface area contributed by atoms with Crippen LogP contribution < -0.4 is 21.3 Å². The molecule has 0 aromatic heterocycles. The van der Waals surface area contributed by atoms with Crippen LogP contribution in [0.5, 0.6) is 0 Å². The average molecular weight is 570 g/mol. The number of benzene rings is 2. The third kappa shape index (κ3) is 7.89. The Labute approximate surface area is 238 Å². The van der Waals surface area contributed by atoms with E-state index in [1.165, 1.54) is 18.7 Å². The van der Waals surface area contributed by atoms with E-state index in [1.54, 1.807) is 0 Å². The number of hydrogen-bond donors (Lipinski definition) is 4. The van der Waals surface area contributed by atoms with Gasteiger partial charge in [-0.05, 0) is 80.2 Å². The number of piperidine rings is 1. The second-order valence-corrected chi connectivity index (χ2v) is 10.3. The molecule has 2 aliphatic rings. The molecule has 0 spiro atoms. The molecule has 0 bridgehead atoms. The zero-order valence-electron chi connectivity index (χ0n) is 23.4. The van der Waals surface area contributed by atoms with E-state index in [-0.39, 0.29) is 29.3 Å². The molecule has 9 nitrogen and oxygen atoms in total. The maximum atomic E-state index is 14.0. The van der Waals surface area contributed by atoms with Crippen molar-refractivity contribution in [3.63, 3.8) is 0 Å². The molecule has 2 aromatic rings. The summed E-state index contributed by atoms with van der Waals surface area (Å²) in [7, 11) is 1.44. The second kappa shape index (κ2) is 14.2.